The smallest absolute Gasteiger partial charge is 0.234 e. The Kier molecular flexibility index (Phi) is 5.88. The molecule has 1 aliphatic rings. The summed E-state index contributed by atoms with van der Waals surface area (Å²) in [6, 6.07) is 0.0587. The monoisotopic (exact) mass is 244 g/mol. The van der Waals surface area contributed by atoms with Crippen LogP contribution in [0.2, 0.25) is 0 Å². The highest BCUT2D eigenvalue weighted by molar-refractivity contribution is 5.78. The first kappa shape index (κ1) is 14.4. The van der Waals surface area contributed by atoms with Gasteiger partial charge in [0.15, 0.2) is 0 Å². The minimum Gasteiger partial charge on any atom is -0.383 e. The molecule has 1 saturated heterocycles. The summed E-state index contributed by atoms with van der Waals surface area (Å²) in [6.07, 6.45) is 0.394. The van der Waals surface area contributed by atoms with E-state index < -0.39 is 0 Å². The summed E-state index contributed by atoms with van der Waals surface area (Å²) in [6.45, 7) is 8.62. The molecule has 5 heteroatoms. The second kappa shape index (κ2) is 6.93. The van der Waals surface area contributed by atoms with Crippen molar-refractivity contribution in [3.63, 3.8) is 0 Å². The number of carbonyl (C=O) groups excluding carboxylic acids is 1. The van der Waals surface area contributed by atoms with Crippen molar-refractivity contribution in [2.24, 2.45) is 0 Å². The van der Waals surface area contributed by atoms with Gasteiger partial charge in [0.2, 0.25) is 5.91 Å². The molecule has 3 unspecified atom stereocenters. The molecule has 0 radical (unpaired) electrons. The molecule has 100 valence electrons. The molecular formula is C12H24N2O3. The Balaban J connectivity index is 2.30. The number of ether oxygens (including phenoxy) is 2. The molecule has 17 heavy (non-hydrogen) atoms. The number of hydrogen-bond acceptors (Lipinski definition) is 4. The van der Waals surface area contributed by atoms with E-state index in [-0.39, 0.29) is 24.2 Å². The molecule has 1 fully saturated rings. The van der Waals surface area contributed by atoms with E-state index in [0.29, 0.717) is 13.2 Å². The van der Waals surface area contributed by atoms with Crippen LogP contribution in [0.5, 0.6) is 0 Å². The first-order valence-electron chi connectivity index (χ1n) is 6.17. The highest BCUT2D eigenvalue weighted by Crippen LogP contribution is 2.09. The summed E-state index contributed by atoms with van der Waals surface area (Å²) < 4.78 is 10.6. The molecule has 0 spiro atoms. The molecule has 1 rings (SSSR count). The van der Waals surface area contributed by atoms with Crippen molar-refractivity contribution in [1.29, 1.82) is 0 Å². The van der Waals surface area contributed by atoms with Crippen LogP contribution in [0, 0.1) is 0 Å². The van der Waals surface area contributed by atoms with Crippen molar-refractivity contribution in [1.82, 2.24) is 10.2 Å². The zero-order valence-corrected chi connectivity index (χ0v) is 11.2. The van der Waals surface area contributed by atoms with Crippen LogP contribution in [0.1, 0.15) is 20.8 Å². The maximum absolute atomic E-state index is 11.8. The molecule has 1 amide bonds. The molecule has 0 aromatic heterocycles. The van der Waals surface area contributed by atoms with Gasteiger partial charge in [0.25, 0.3) is 0 Å². The van der Waals surface area contributed by atoms with Gasteiger partial charge >= 0.3 is 0 Å². The van der Waals surface area contributed by atoms with Crippen molar-refractivity contribution in [2.75, 3.05) is 33.4 Å². The number of amides is 1. The lowest BCUT2D eigenvalue weighted by Crippen LogP contribution is -2.50. The van der Waals surface area contributed by atoms with E-state index in [1.165, 1.54) is 0 Å². The Hall–Kier alpha value is -0.650. The number of carbonyl (C=O) groups is 1. The minimum atomic E-state index is 0.0517. The summed E-state index contributed by atoms with van der Waals surface area (Å²) >= 11 is 0. The molecule has 0 bridgehead atoms. The number of nitrogens with one attached hydrogen (secondary N) is 1. The SMILES string of the molecule is COCC(C)NC(=O)CN1CC(C)OC(C)C1. The second-order valence-electron chi connectivity index (χ2n) is 4.88. The largest absolute Gasteiger partial charge is 0.383 e. The van der Waals surface area contributed by atoms with Gasteiger partial charge in [0.1, 0.15) is 0 Å². The third-order valence-corrected chi connectivity index (χ3v) is 2.69. The van der Waals surface area contributed by atoms with E-state index in [9.17, 15) is 4.79 Å². The van der Waals surface area contributed by atoms with Gasteiger partial charge in [0.05, 0.1) is 25.4 Å². The normalized spacial score (nSPS) is 27.8. The molecule has 3 atom stereocenters. The number of methoxy groups -OCH3 is 1. The highest BCUT2D eigenvalue weighted by Gasteiger charge is 2.23. The Morgan fingerprint density at radius 2 is 2.06 bits per heavy atom. The summed E-state index contributed by atoms with van der Waals surface area (Å²) in [7, 11) is 1.63. The minimum absolute atomic E-state index is 0.0517. The third kappa shape index (κ3) is 5.48. The van der Waals surface area contributed by atoms with Gasteiger partial charge in [-0.3, -0.25) is 9.69 Å². The van der Waals surface area contributed by atoms with Crippen molar-refractivity contribution in [3.8, 4) is 0 Å². The van der Waals surface area contributed by atoms with Gasteiger partial charge in [-0.1, -0.05) is 0 Å². The number of nitrogens with zero attached hydrogens (tertiary/aromatic N) is 1. The number of rotatable bonds is 5. The maximum Gasteiger partial charge on any atom is 0.234 e. The number of hydrogen-bond donors (Lipinski definition) is 1. The van der Waals surface area contributed by atoms with Gasteiger partial charge in [0, 0.05) is 26.2 Å². The topological polar surface area (TPSA) is 50.8 Å². The lowest BCUT2D eigenvalue weighted by Gasteiger charge is -2.34. The van der Waals surface area contributed by atoms with E-state index in [1.54, 1.807) is 7.11 Å². The first-order valence-corrected chi connectivity index (χ1v) is 6.17. The van der Waals surface area contributed by atoms with E-state index in [2.05, 4.69) is 10.2 Å². The summed E-state index contributed by atoms with van der Waals surface area (Å²) in [5, 5.41) is 2.91. The van der Waals surface area contributed by atoms with Crippen molar-refractivity contribution in [2.45, 2.75) is 39.0 Å². The average Bonchev–Trinajstić information content (AvgIpc) is 2.14. The van der Waals surface area contributed by atoms with Gasteiger partial charge in [-0.15, -0.1) is 0 Å². The van der Waals surface area contributed by atoms with Gasteiger partial charge in [-0.05, 0) is 20.8 Å². The predicted molar refractivity (Wildman–Crippen MR) is 65.9 cm³/mol. The third-order valence-electron chi connectivity index (χ3n) is 2.69. The Bertz CT molecular complexity index is 238. The lowest BCUT2D eigenvalue weighted by molar-refractivity contribution is -0.126. The number of morpholine rings is 1. The lowest BCUT2D eigenvalue weighted by atomic mass is 10.2. The van der Waals surface area contributed by atoms with Crippen LogP contribution >= 0.6 is 0 Å². The van der Waals surface area contributed by atoms with Gasteiger partial charge in [-0.2, -0.15) is 0 Å². The molecule has 0 aliphatic carbocycles. The summed E-state index contributed by atoms with van der Waals surface area (Å²) in [4.78, 5) is 13.9. The molecule has 1 aliphatic heterocycles. The van der Waals surface area contributed by atoms with Crippen LogP contribution < -0.4 is 5.32 Å². The Morgan fingerprint density at radius 1 is 1.47 bits per heavy atom. The van der Waals surface area contributed by atoms with Crippen LogP contribution in [0.25, 0.3) is 0 Å². The summed E-state index contributed by atoms with van der Waals surface area (Å²) in [5.41, 5.74) is 0. The molecule has 0 aromatic rings. The van der Waals surface area contributed by atoms with Crippen molar-refractivity contribution < 1.29 is 14.3 Å². The fourth-order valence-corrected chi connectivity index (χ4v) is 2.23. The highest BCUT2D eigenvalue weighted by atomic mass is 16.5. The van der Waals surface area contributed by atoms with Crippen molar-refractivity contribution >= 4 is 5.91 Å². The fourth-order valence-electron chi connectivity index (χ4n) is 2.23. The van der Waals surface area contributed by atoms with Crippen LogP contribution in [0.4, 0.5) is 0 Å². The van der Waals surface area contributed by atoms with Gasteiger partial charge < -0.3 is 14.8 Å². The van der Waals surface area contributed by atoms with E-state index in [4.69, 9.17) is 9.47 Å². The molecule has 1 N–H and O–H groups in total. The van der Waals surface area contributed by atoms with E-state index >= 15 is 0 Å². The van der Waals surface area contributed by atoms with Crippen LogP contribution in [-0.2, 0) is 14.3 Å². The van der Waals surface area contributed by atoms with Crippen LogP contribution in [-0.4, -0.2) is 62.4 Å². The fraction of sp³-hybridized carbons (Fsp3) is 0.917. The van der Waals surface area contributed by atoms with E-state index in [1.807, 2.05) is 20.8 Å². The van der Waals surface area contributed by atoms with Crippen molar-refractivity contribution in [3.05, 3.63) is 0 Å². The Morgan fingerprint density at radius 3 is 2.59 bits per heavy atom. The quantitative estimate of drug-likeness (QED) is 0.753. The molecule has 0 saturated carbocycles. The summed E-state index contributed by atoms with van der Waals surface area (Å²) in [5.74, 6) is 0.0517. The van der Waals surface area contributed by atoms with E-state index in [0.717, 1.165) is 13.1 Å². The standard InChI is InChI=1S/C12H24N2O3/c1-9(8-16-4)13-12(15)7-14-5-10(2)17-11(3)6-14/h9-11H,5-8H2,1-4H3,(H,13,15). The molecular weight excluding hydrogens is 220 g/mol. The van der Waals surface area contributed by atoms with Crippen LogP contribution in [0.3, 0.4) is 0 Å². The average molecular weight is 244 g/mol. The zero-order valence-electron chi connectivity index (χ0n) is 11.2. The second-order valence-corrected chi connectivity index (χ2v) is 4.88. The predicted octanol–water partition coefficient (Wildman–Crippen LogP) is 0.247. The molecule has 5 nitrogen and oxygen atoms in total. The maximum atomic E-state index is 11.8. The van der Waals surface area contributed by atoms with Gasteiger partial charge in [-0.25, -0.2) is 0 Å². The molecule has 1 heterocycles. The molecule has 0 aromatic carbocycles. The van der Waals surface area contributed by atoms with Crippen LogP contribution in [0.15, 0.2) is 0 Å². The Labute approximate surface area is 103 Å². The zero-order chi connectivity index (χ0) is 12.8. The first-order chi connectivity index (χ1) is 8.01.